The van der Waals surface area contributed by atoms with Crippen LogP contribution in [-0.4, -0.2) is 33.6 Å². The zero-order valence-electron chi connectivity index (χ0n) is 7.95. The van der Waals surface area contributed by atoms with E-state index in [1.807, 2.05) is 0 Å². The van der Waals surface area contributed by atoms with Gasteiger partial charge in [-0.15, -0.1) is 23.2 Å². The zero-order valence-corrected chi connectivity index (χ0v) is 11.7. The first-order valence-corrected chi connectivity index (χ1v) is 5.83. The topological polar surface area (TPSA) is 0 Å². The minimum absolute atomic E-state index is 1.05. The molecule has 0 fully saturated rings. The predicted octanol–water partition coefficient (Wildman–Crippen LogP) is 5.65. The summed E-state index contributed by atoms with van der Waals surface area (Å²) in [6.07, 6.45) is -5.09. The number of hydrogen-bond donors (Lipinski definition) is 0. The molecule has 0 radical (unpaired) electrons. The van der Waals surface area contributed by atoms with Crippen LogP contribution in [0, 0.1) is 0 Å². The maximum atomic E-state index is 12.1. The van der Waals surface area contributed by atoms with Gasteiger partial charge in [0.05, 0.1) is 11.8 Å². The summed E-state index contributed by atoms with van der Waals surface area (Å²) in [5.41, 5.74) is 0. The van der Waals surface area contributed by atoms with Crippen LogP contribution >= 0.6 is 58.0 Å². The van der Waals surface area contributed by atoms with Crippen molar-refractivity contribution in [2.45, 2.75) is 21.8 Å². The first kappa shape index (κ1) is 21.3. The lowest BCUT2D eigenvalue weighted by atomic mass is 10.4. The largest absolute Gasteiger partial charge is 0.438 e. The normalized spacial score (nSPS) is 19.3. The Balaban J connectivity index is 0. The molecule has 0 heterocycles. The van der Waals surface area contributed by atoms with E-state index in [2.05, 4.69) is 46.4 Å². The summed E-state index contributed by atoms with van der Waals surface area (Å²) in [5.74, 6) is -2.34. The highest BCUT2D eigenvalue weighted by molar-refractivity contribution is 6.36. The molecule has 0 aliphatic carbocycles. The predicted molar refractivity (Wildman–Crippen MR) is 57.7 cm³/mol. The highest BCUT2D eigenvalue weighted by Gasteiger charge is 2.54. The minimum atomic E-state index is -5.09. The summed E-state index contributed by atoms with van der Waals surface area (Å²) < 4.78 is 81.0. The molecule has 2 atom stereocenters. The van der Waals surface area contributed by atoms with Crippen molar-refractivity contribution in [2.75, 3.05) is 11.8 Å². The third-order valence-electron chi connectivity index (χ3n) is 1.17. The first-order chi connectivity index (χ1) is 7.62. The third kappa shape index (κ3) is 6.93. The molecule has 0 N–H and O–H groups in total. The number of halogens is 12. The van der Waals surface area contributed by atoms with Gasteiger partial charge in [0.15, 0.2) is 0 Å². The average molecular weight is 386 g/mol. The van der Waals surface area contributed by atoms with Crippen LogP contribution in [0.2, 0.25) is 0 Å². The molecule has 0 spiro atoms. The molecule has 0 saturated heterocycles. The Morgan fingerprint density at radius 2 is 0.889 bits per heavy atom. The van der Waals surface area contributed by atoms with Gasteiger partial charge >= 0.3 is 11.6 Å². The molecule has 0 saturated carbocycles. The Morgan fingerprint density at radius 3 is 0.889 bits per heavy atom. The first-order valence-electron chi connectivity index (χ1n) is 3.63. The molecule has 0 aliphatic heterocycles. The maximum absolute atomic E-state index is 12.1. The fourth-order valence-electron chi connectivity index (χ4n) is 0.152. The van der Waals surface area contributed by atoms with Crippen LogP contribution < -0.4 is 0 Å². The highest BCUT2D eigenvalue weighted by Crippen LogP contribution is 2.40. The van der Waals surface area contributed by atoms with E-state index < -0.39 is 33.6 Å². The van der Waals surface area contributed by atoms with Crippen molar-refractivity contribution in [3.8, 4) is 0 Å². The van der Waals surface area contributed by atoms with Crippen LogP contribution in [0.1, 0.15) is 0 Å². The summed E-state index contributed by atoms with van der Waals surface area (Å²) in [4.78, 5) is 0. The van der Waals surface area contributed by atoms with Crippen LogP contribution in [0.5, 0.6) is 0 Å². The van der Waals surface area contributed by atoms with E-state index in [-0.39, 0.29) is 0 Å². The Hall–Kier alpha value is 0.960. The highest BCUT2D eigenvalue weighted by atomic mass is 35.5. The average Bonchev–Trinajstić information content (AvgIpc) is 2.15. The monoisotopic (exact) mass is 384 g/mol. The molecule has 0 bridgehead atoms. The SMILES string of the molecule is FC(F)(Cl)C(F)(Cl)CCl.FC(F)(F)C(F)(Cl)CCl. The third-order valence-corrected chi connectivity index (χ3v) is 3.29. The smallest absolute Gasteiger partial charge is 0.217 e. The number of hydrogen-bond acceptors (Lipinski definition) is 0. The molecular formula is C6H4Cl5F7. The lowest BCUT2D eigenvalue weighted by molar-refractivity contribution is -0.190. The Bertz CT molecular complexity index is 220. The second kappa shape index (κ2) is 7.11. The van der Waals surface area contributed by atoms with Crippen LogP contribution in [0.15, 0.2) is 0 Å². The quantitative estimate of drug-likeness (QED) is 0.434. The zero-order chi connectivity index (χ0) is 15.4. The Morgan fingerprint density at radius 1 is 0.611 bits per heavy atom. The Labute approximate surface area is 122 Å². The van der Waals surface area contributed by atoms with Gasteiger partial charge in [-0.25, -0.2) is 8.78 Å². The van der Waals surface area contributed by atoms with Crippen molar-refractivity contribution in [1.82, 2.24) is 0 Å². The van der Waals surface area contributed by atoms with Gasteiger partial charge in [0, 0.05) is 0 Å². The van der Waals surface area contributed by atoms with Crippen LogP contribution in [0.25, 0.3) is 0 Å². The van der Waals surface area contributed by atoms with Crippen molar-refractivity contribution in [1.29, 1.82) is 0 Å². The summed E-state index contributed by atoms with van der Waals surface area (Å²) >= 11 is 22.2. The minimum Gasteiger partial charge on any atom is -0.217 e. The van der Waals surface area contributed by atoms with Gasteiger partial charge in [-0.2, -0.15) is 22.0 Å². The van der Waals surface area contributed by atoms with E-state index in [0.717, 1.165) is 0 Å². The number of alkyl halides is 12. The lowest BCUT2D eigenvalue weighted by Crippen LogP contribution is -2.36. The van der Waals surface area contributed by atoms with Gasteiger partial charge in [-0.3, -0.25) is 0 Å². The van der Waals surface area contributed by atoms with Crippen LogP contribution in [0.3, 0.4) is 0 Å². The van der Waals surface area contributed by atoms with Gasteiger partial charge in [-0.1, -0.05) is 23.2 Å². The molecule has 0 aromatic carbocycles. The molecule has 0 amide bonds. The second-order valence-electron chi connectivity index (χ2n) is 2.67. The standard InChI is InChI=1S/C3H2Cl3F3.C3H2Cl2F4/c4-1-2(5,7)3(6,8)9;4-1-2(5,6)3(7,8)9/h2*1H2. The van der Waals surface area contributed by atoms with Crippen LogP contribution in [0.4, 0.5) is 30.7 Å². The van der Waals surface area contributed by atoms with E-state index in [1.54, 1.807) is 0 Å². The second-order valence-corrected chi connectivity index (χ2v) is 4.88. The van der Waals surface area contributed by atoms with E-state index in [1.165, 1.54) is 0 Å². The van der Waals surface area contributed by atoms with Gasteiger partial charge in [0.2, 0.25) is 0 Å². The molecule has 0 aromatic heterocycles. The fourth-order valence-corrected chi connectivity index (χ4v) is 0.606. The van der Waals surface area contributed by atoms with Gasteiger partial charge < -0.3 is 0 Å². The molecular weight excluding hydrogens is 382 g/mol. The van der Waals surface area contributed by atoms with Crippen molar-refractivity contribution < 1.29 is 30.7 Å². The molecule has 0 aliphatic rings. The van der Waals surface area contributed by atoms with Gasteiger partial charge in [0.25, 0.3) is 10.3 Å². The summed E-state index contributed by atoms with van der Waals surface area (Å²) in [6, 6.07) is 0. The van der Waals surface area contributed by atoms with E-state index in [4.69, 9.17) is 11.6 Å². The van der Waals surface area contributed by atoms with Crippen LogP contribution in [-0.2, 0) is 0 Å². The summed E-state index contributed by atoms with van der Waals surface area (Å²) in [5, 5.41) is -11.2. The molecule has 0 rings (SSSR count). The Kier molecular flexibility index (Phi) is 8.40. The molecule has 2 unspecified atom stereocenters. The summed E-state index contributed by atoms with van der Waals surface area (Å²) in [6.45, 7) is 0. The molecule has 18 heavy (non-hydrogen) atoms. The lowest BCUT2D eigenvalue weighted by Gasteiger charge is -2.18. The maximum Gasteiger partial charge on any atom is 0.438 e. The number of rotatable bonds is 3. The van der Waals surface area contributed by atoms with Crippen molar-refractivity contribution in [3.63, 3.8) is 0 Å². The molecule has 12 heteroatoms. The van der Waals surface area contributed by atoms with E-state index >= 15 is 0 Å². The molecule has 0 nitrogen and oxygen atoms in total. The van der Waals surface area contributed by atoms with E-state index in [0.29, 0.717) is 0 Å². The van der Waals surface area contributed by atoms with Gasteiger partial charge in [-0.05, 0) is 11.6 Å². The molecule has 0 aromatic rings. The summed E-state index contributed by atoms with van der Waals surface area (Å²) in [7, 11) is 0. The molecule has 112 valence electrons. The van der Waals surface area contributed by atoms with Crippen molar-refractivity contribution >= 4 is 58.0 Å². The van der Waals surface area contributed by atoms with Crippen molar-refractivity contribution in [3.05, 3.63) is 0 Å². The van der Waals surface area contributed by atoms with E-state index in [9.17, 15) is 30.7 Å². The van der Waals surface area contributed by atoms with Crippen molar-refractivity contribution in [2.24, 2.45) is 0 Å². The fraction of sp³-hybridized carbons (Fsp3) is 1.00. The van der Waals surface area contributed by atoms with Gasteiger partial charge in [0.1, 0.15) is 0 Å².